The Balaban J connectivity index is 1.27. The maximum Gasteiger partial charge on any atom is 0.509 e. The van der Waals surface area contributed by atoms with E-state index in [4.69, 9.17) is 42.6 Å². The average Bonchev–Trinajstić information content (AvgIpc) is 3.71. The van der Waals surface area contributed by atoms with E-state index in [0.717, 1.165) is 13.8 Å². The number of hydrogen-bond donors (Lipinski definition) is 3. The first-order valence-electron chi connectivity index (χ1n) is 24.1. The summed E-state index contributed by atoms with van der Waals surface area (Å²) in [5, 5.41) is 29.0. The predicted octanol–water partition coefficient (Wildman–Crippen LogP) is 5.05. The molecule has 19 heteroatoms. The van der Waals surface area contributed by atoms with Crippen LogP contribution in [-0.2, 0) is 61.8 Å². The number of esters is 4. The van der Waals surface area contributed by atoms with Gasteiger partial charge in [-0.05, 0) is 68.7 Å². The zero-order valence-corrected chi connectivity index (χ0v) is 41.8. The number of ether oxygens (including phenoxy) is 9. The zero-order valence-electron chi connectivity index (χ0n) is 41.8. The molecule has 3 N–H and O–H groups in total. The summed E-state index contributed by atoms with van der Waals surface area (Å²) < 4.78 is 53.5. The van der Waals surface area contributed by atoms with Crippen LogP contribution in [0, 0.1) is 16.7 Å². The molecule has 2 heterocycles. The lowest BCUT2D eigenvalue weighted by Gasteiger charge is -2.67. The molecule has 0 spiro atoms. The van der Waals surface area contributed by atoms with Crippen molar-refractivity contribution in [3.05, 3.63) is 119 Å². The number of rotatable bonds is 13. The maximum absolute atomic E-state index is 15.7. The Bertz CT molecular complexity index is 2660. The minimum absolute atomic E-state index is 0.0360. The van der Waals surface area contributed by atoms with Crippen molar-refractivity contribution in [2.45, 2.75) is 134 Å². The second-order valence-electron chi connectivity index (χ2n) is 20.5. The standard InChI is InChI=1S/C54H61NO18/c1-29-36(69-48(62)42(70-49(63)65-26-35-27-67-51(6,7)73-35)40(32-18-12-9-13-19-32)55-46(60)33-20-14-10-15-21-33)25-54(64)45(71-47(61)34-22-16-11-17-23-34)43-52(8,37(58)24-38-53(43,28-66-38)72-31(3)57)44(59)41(68-30(2)56)39(29)50(54,4)5/h9-23,35-38,40-43,45,58,64H,24-28H2,1-8H3,(H,55,60)/t35?,36-,37-,38+,40-,41+,42+,43-,45-,52+,53-,54+/m0/s1. The summed E-state index contributed by atoms with van der Waals surface area (Å²) in [6.07, 6.45) is -13.1. The highest BCUT2D eigenvalue weighted by Crippen LogP contribution is 2.64. The zero-order chi connectivity index (χ0) is 52.8. The van der Waals surface area contributed by atoms with Crippen LogP contribution in [0.1, 0.15) is 101 Å². The normalized spacial score (nSPS) is 31.5. The van der Waals surface area contributed by atoms with Gasteiger partial charge in [-0.2, -0.15) is 0 Å². The minimum atomic E-state index is -2.49. The lowest BCUT2D eigenvalue weighted by Crippen LogP contribution is -2.82. The molecule has 2 saturated carbocycles. The number of amides is 1. The number of benzene rings is 3. The molecule has 5 aliphatic rings. The summed E-state index contributed by atoms with van der Waals surface area (Å²) in [4.78, 5) is 99.7. The van der Waals surface area contributed by atoms with Crippen molar-refractivity contribution < 1.29 is 86.4 Å². The van der Waals surface area contributed by atoms with Gasteiger partial charge in [0.15, 0.2) is 23.3 Å². The smallest absolute Gasteiger partial charge is 0.455 e. The Morgan fingerprint density at radius 2 is 1.44 bits per heavy atom. The van der Waals surface area contributed by atoms with Crippen LogP contribution in [0.25, 0.3) is 0 Å². The van der Waals surface area contributed by atoms with Crippen LogP contribution in [0.3, 0.4) is 0 Å². The van der Waals surface area contributed by atoms with Gasteiger partial charge in [-0.25, -0.2) is 14.4 Å². The summed E-state index contributed by atoms with van der Waals surface area (Å²) in [5.41, 5.74) is -7.61. The molecule has 2 bridgehead atoms. The quantitative estimate of drug-likeness (QED) is 0.115. The largest absolute Gasteiger partial charge is 0.509 e. The molecule has 0 aromatic heterocycles. The highest BCUT2D eigenvalue weighted by Gasteiger charge is 2.78. The van der Waals surface area contributed by atoms with E-state index in [9.17, 15) is 34.2 Å². The number of carbonyl (C=O) groups is 7. The minimum Gasteiger partial charge on any atom is -0.455 e. The van der Waals surface area contributed by atoms with E-state index in [0.29, 0.717) is 0 Å². The highest BCUT2D eigenvalue weighted by molar-refractivity contribution is 5.96. The Hall–Kier alpha value is -6.51. The second kappa shape index (κ2) is 20.1. The molecule has 3 aliphatic carbocycles. The summed E-state index contributed by atoms with van der Waals surface area (Å²) in [5.74, 6) is -8.14. The SMILES string of the molecule is CC(=O)O[C@H]1C(=O)[C@@]2(C)[C@H]([C@H](OC(=O)c3ccccc3)[C@]3(O)C[C@H](OC(=O)[C@H](OC(=O)OCC4COC(C)(C)O4)[C@@H](NC(=O)c4ccccc4)c4ccccc4)C(C)=C1C3(C)C)[C@]1(OC(C)=O)CO[C@@H]1C[C@@H]2O. The number of aliphatic hydroxyl groups is 2. The van der Waals surface area contributed by atoms with E-state index in [1.165, 1.54) is 38.1 Å². The van der Waals surface area contributed by atoms with Crippen LogP contribution < -0.4 is 5.32 Å². The van der Waals surface area contributed by atoms with Gasteiger partial charge in [0.25, 0.3) is 5.91 Å². The molecular weight excluding hydrogens is 951 g/mol. The summed E-state index contributed by atoms with van der Waals surface area (Å²) in [7, 11) is 0. The van der Waals surface area contributed by atoms with Gasteiger partial charge in [-0.1, -0.05) is 80.6 Å². The van der Waals surface area contributed by atoms with Gasteiger partial charge in [-0.15, -0.1) is 0 Å². The van der Waals surface area contributed by atoms with Gasteiger partial charge in [0.05, 0.1) is 36.2 Å². The summed E-state index contributed by atoms with van der Waals surface area (Å²) in [6.45, 7) is 10.9. The Kier molecular flexibility index (Phi) is 14.5. The number of carbonyl (C=O) groups excluding carboxylic acids is 7. The fourth-order valence-corrected chi connectivity index (χ4v) is 11.4. The van der Waals surface area contributed by atoms with Crippen LogP contribution in [0.2, 0.25) is 0 Å². The first-order valence-corrected chi connectivity index (χ1v) is 24.1. The monoisotopic (exact) mass is 1010 g/mol. The predicted molar refractivity (Wildman–Crippen MR) is 253 cm³/mol. The molecule has 1 amide bonds. The van der Waals surface area contributed by atoms with E-state index in [-0.39, 0.29) is 54.1 Å². The third-order valence-corrected chi connectivity index (χ3v) is 15.1. The fraction of sp³-hybridized carbons (Fsp3) is 0.500. The Labute approximate surface area is 421 Å². The van der Waals surface area contributed by atoms with Gasteiger partial charge >= 0.3 is 30.0 Å². The van der Waals surface area contributed by atoms with Crippen LogP contribution in [0.4, 0.5) is 4.79 Å². The van der Waals surface area contributed by atoms with Crippen molar-refractivity contribution >= 4 is 41.7 Å². The molecule has 1 unspecified atom stereocenters. The second-order valence-corrected chi connectivity index (χ2v) is 20.5. The van der Waals surface area contributed by atoms with E-state index in [1.807, 2.05) is 0 Å². The van der Waals surface area contributed by atoms with Gasteiger partial charge < -0.3 is 58.2 Å². The molecule has 0 radical (unpaired) electrons. The Morgan fingerprint density at radius 3 is 2.00 bits per heavy atom. The molecule has 2 saturated heterocycles. The molecule has 73 heavy (non-hydrogen) atoms. The molecule has 8 rings (SSSR count). The maximum atomic E-state index is 15.7. The number of hydrogen-bond acceptors (Lipinski definition) is 18. The van der Waals surface area contributed by atoms with Crippen LogP contribution >= 0.6 is 0 Å². The molecule has 3 aromatic carbocycles. The first-order chi connectivity index (χ1) is 34.4. The molecule has 2 aliphatic heterocycles. The van der Waals surface area contributed by atoms with Crippen molar-refractivity contribution in [3.8, 4) is 0 Å². The molecule has 3 aromatic rings. The molecule has 19 nitrogen and oxygen atoms in total. The average molecular weight is 1010 g/mol. The molecular formula is C54H61NO18. The topological polar surface area (TPSA) is 255 Å². The fourth-order valence-electron chi connectivity index (χ4n) is 11.4. The van der Waals surface area contributed by atoms with Gasteiger partial charge in [0.2, 0.25) is 6.10 Å². The van der Waals surface area contributed by atoms with E-state index in [2.05, 4.69) is 5.32 Å². The van der Waals surface area contributed by atoms with E-state index in [1.54, 1.807) is 94.4 Å². The number of Topliss-reactive ketones (excluding diaryl/α,β-unsaturated/α-hetero) is 1. The first kappa shape index (κ1) is 52.8. The lowest BCUT2D eigenvalue weighted by atomic mass is 9.44. The number of fused-ring (bicyclic) bond motifs is 5. The summed E-state index contributed by atoms with van der Waals surface area (Å²) >= 11 is 0. The van der Waals surface area contributed by atoms with E-state index >= 15 is 9.59 Å². The summed E-state index contributed by atoms with van der Waals surface area (Å²) in [6, 6.07) is 22.5. The molecule has 12 atom stereocenters. The van der Waals surface area contributed by atoms with Crippen LogP contribution in [-0.4, -0.2) is 131 Å². The van der Waals surface area contributed by atoms with Gasteiger partial charge in [0, 0.05) is 37.7 Å². The molecule has 4 fully saturated rings. The van der Waals surface area contributed by atoms with Crippen LogP contribution in [0.15, 0.2) is 102 Å². The number of nitrogens with one attached hydrogen (secondary N) is 1. The van der Waals surface area contributed by atoms with Crippen molar-refractivity contribution in [1.82, 2.24) is 5.32 Å². The van der Waals surface area contributed by atoms with Crippen molar-refractivity contribution in [2.24, 2.45) is 16.7 Å². The van der Waals surface area contributed by atoms with Crippen molar-refractivity contribution in [3.63, 3.8) is 0 Å². The van der Waals surface area contributed by atoms with Crippen molar-refractivity contribution in [2.75, 3.05) is 19.8 Å². The van der Waals surface area contributed by atoms with Gasteiger partial charge in [-0.3, -0.25) is 19.2 Å². The molecule has 390 valence electrons. The Morgan fingerprint density at radius 1 is 0.822 bits per heavy atom. The lowest BCUT2D eigenvalue weighted by molar-refractivity contribution is -0.346. The van der Waals surface area contributed by atoms with Gasteiger partial charge in [0.1, 0.15) is 42.7 Å². The third kappa shape index (κ3) is 9.76. The van der Waals surface area contributed by atoms with Crippen molar-refractivity contribution in [1.29, 1.82) is 0 Å². The highest BCUT2D eigenvalue weighted by atomic mass is 16.8. The number of ketones is 1. The third-order valence-electron chi connectivity index (χ3n) is 15.1. The number of aliphatic hydroxyl groups excluding tert-OH is 1. The van der Waals surface area contributed by atoms with Crippen LogP contribution in [0.5, 0.6) is 0 Å². The van der Waals surface area contributed by atoms with E-state index < -0.39 is 131 Å².